The fourth-order valence-corrected chi connectivity index (χ4v) is 2.69. The van der Waals surface area contributed by atoms with Gasteiger partial charge in [0.2, 0.25) is 0 Å². The molecule has 0 saturated carbocycles. The molecule has 0 saturated heterocycles. The van der Waals surface area contributed by atoms with Crippen molar-refractivity contribution < 1.29 is 19.4 Å². The normalized spacial score (nSPS) is 11.0. The molecule has 0 aliphatic carbocycles. The van der Waals surface area contributed by atoms with E-state index in [2.05, 4.69) is 0 Å². The minimum atomic E-state index is -0.883. The van der Waals surface area contributed by atoms with Gasteiger partial charge in [0.1, 0.15) is 0 Å². The van der Waals surface area contributed by atoms with Gasteiger partial charge in [-0.15, -0.1) is 11.8 Å². The highest BCUT2D eigenvalue weighted by Crippen LogP contribution is 2.23. The predicted octanol–water partition coefficient (Wildman–Crippen LogP) is 3.57. The fraction of sp³-hybridized carbons (Fsp3) is 0.533. The molecule has 0 fully saturated rings. The van der Waals surface area contributed by atoms with Crippen LogP contribution in [0.15, 0.2) is 23.1 Å². The summed E-state index contributed by atoms with van der Waals surface area (Å²) in [5, 5.41) is 9.09. The standard InChI is InChI=1S/C15H22O4S/c1-4-18-14(19-5-2)8-9-20-12-7-6-11(3)13(10-12)15(16)17/h6-7,10,14H,4-5,8-9H2,1-3H3,(H,16,17). The van der Waals surface area contributed by atoms with Gasteiger partial charge in [0.25, 0.3) is 0 Å². The van der Waals surface area contributed by atoms with Crippen molar-refractivity contribution in [1.29, 1.82) is 0 Å². The Morgan fingerprint density at radius 2 is 1.95 bits per heavy atom. The zero-order valence-electron chi connectivity index (χ0n) is 12.2. The van der Waals surface area contributed by atoms with Crippen molar-refractivity contribution in [3.8, 4) is 0 Å². The van der Waals surface area contributed by atoms with Crippen molar-refractivity contribution >= 4 is 17.7 Å². The number of ether oxygens (including phenoxy) is 2. The summed E-state index contributed by atoms with van der Waals surface area (Å²) in [6.45, 7) is 6.95. The summed E-state index contributed by atoms with van der Waals surface area (Å²) in [5.74, 6) is -0.0567. The Morgan fingerprint density at radius 1 is 1.30 bits per heavy atom. The zero-order chi connectivity index (χ0) is 15.0. The van der Waals surface area contributed by atoms with E-state index in [0.717, 1.165) is 22.6 Å². The minimum absolute atomic E-state index is 0.179. The molecule has 112 valence electrons. The average molecular weight is 298 g/mol. The largest absolute Gasteiger partial charge is 0.478 e. The first-order valence-corrected chi connectivity index (χ1v) is 7.77. The van der Waals surface area contributed by atoms with Crippen LogP contribution in [-0.4, -0.2) is 36.3 Å². The SMILES string of the molecule is CCOC(CCSc1ccc(C)c(C(=O)O)c1)OCC. The number of carboxylic acid groups (broad SMARTS) is 1. The van der Waals surface area contributed by atoms with Crippen LogP contribution < -0.4 is 0 Å². The third-order valence-corrected chi connectivity index (χ3v) is 3.79. The molecule has 0 aliphatic heterocycles. The highest BCUT2D eigenvalue weighted by Gasteiger charge is 2.10. The molecule has 0 atom stereocenters. The van der Waals surface area contributed by atoms with Gasteiger partial charge in [-0.2, -0.15) is 0 Å². The summed E-state index contributed by atoms with van der Waals surface area (Å²) >= 11 is 1.62. The van der Waals surface area contributed by atoms with Gasteiger partial charge in [-0.3, -0.25) is 0 Å². The van der Waals surface area contributed by atoms with Crippen LogP contribution in [0.3, 0.4) is 0 Å². The Kier molecular flexibility index (Phi) is 7.65. The van der Waals surface area contributed by atoms with Crippen molar-refractivity contribution in [3.63, 3.8) is 0 Å². The molecule has 20 heavy (non-hydrogen) atoms. The van der Waals surface area contributed by atoms with Gasteiger partial charge in [-0.1, -0.05) is 6.07 Å². The van der Waals surface area contributed by atoms with E-state index in [0.29, 0.717) is 18.8 Å². The van der Waals surface area contributed by atoms with Crippen LogP contribution >= 0.6 is 11.8 Å². The third-order valence-electron chi connectivity index (χ3n) is 2.77. The lowest BCUT2D eigenvalue weighted by atomic mass is 10.1. The predicted molar refractivity (Wildman–Crippen MR) is 80.5 cm³/mol. The number of hydrogen-bond donors (Lipinski definition) is 1. The van der Waals surface area contributed by atoms with E-state index in [9.17, 15) is 4.79 Å². The van der Waals surface area contributed by atoms with Gasteiger partial charge in [-0.05, 0) is 38.5 Å². The van der Waals surface area contributed by atoms with E-state index < -0.39 is 5.97 Å². The Balaban J connectivity index is 2.53. The maximum atomic E-state index is 11.1. The number of rotatable bonds is 9. The van der Waals surface area contributed by atoms with Crippen LogP contribution in [0, 0.1) is 6.92 Å². The molecule has 0 amide bonds. The molecule has 1 aromatic rings. The summed E-state index contributed by atoms with van der Waals surface area (Å²) in [5.41, 5.74) is 1.14. The molecular formula is C15H22O4S. The molecule has 4 nitrogen and oxygen atoms in total. The Morgan fingerprint density at radius 3 is 2.50 bits per heavy atom. The average Bonchev–Trinajstić information content (AvgIpc) is 2.41. The number of thioether (sulfide) groups is 1. The minimum Gasteiger partial charge on any atom is -0.478 e. The molecule has 0 aliphatic rings. The summed E-state index contributed by atoms with van der Waals surface area (Å²) in [6, 6.07) is 5.51. The zero-order valence-corrected chi connectivity index (χ0v) is 13.0. The molecule has 0 heterocycles. The second-order valence-electron chi connectivity index (χ2n) is 4.26. The molecule has 5 heteroatoms. The molecule has 0 radical (unpaired) electrons. The lowest BCUT2D eigenvalue weighted by Gasteiger charge is -2.16. The van der Waals surface area contributed by atoms with Crippen LogP contribution in [0.25, 0.3) is 0 Å². The summed E-state index contributed by atoms with van der Waals surface area (Å²) < 4.78 is 10.9. The Hall–Kier alpha value is -1.04. The van der Waals surface area contributed by atoms with E-state index >= 15 is 0 Å². The smallest absolute Gasteiger partial charge is 0.335 e. The summed E-state index contributed by atoms with van der Waals surface area (Å²) in [7, 11) is 0. The molecule has 0 unspecified atom stereocenters. The lowest BCUT2D eigenvalue weighted by Crippen LogP contribution is -2.18. The van der Waals surface area contributed by atoms with E-state index in [1.54, 1.807) is 24.8 Å². The van der Waals surface area contributed by atoms with Crippen LogP contribution in [0.2, 0.25) is 0 Å². The van der Waals surface area contributed by atoms with Gasteiger partial charge in [0.15, 0.2) is 6.29 Å². The van der Waals surface area contributed by atoms with E-state index in [1.807, 2.05) is 26.0 Å². The first-order chi connectivity index (χ1) is 9.58. The van der Waals surface area contributed by atoms with Crippen LogP contribution in [0.1, 0.15) is 36.2 Å². The van der Waals surface area contributed by atoms with E-state index in [1.165, 1.54) is 0 Å². The van der Waals surface area contributed by atoms with Gasteiger partial charge >= 0.3 is 5.97 Å². The fourth-order valence-electron chi connectivity index (χ4n) is 1.78. The molecule has 0 bridgehead atoms. The van der Waals surface area contributed by atoms with Crippen molar-refractivity contribution in [1.82, 2.24) is 0 Å². The molecule has 0 aromatic heterocycles. The van der Waals surface area contributed by atoms with Gasteiger partial charge in [-0.25, -0.2) is 4.79 Å². The third kappa shape index (κ3) is 5.53. The van der Waals surface area contributed by atoms with Crippen molar-refractivity contribution in [2.24, 2.45) is 0 Å². The Bertz CT molecular complexity index is 428. The quantitative estimate of drug-likeness (QED) is 0.558. The monoisotopic (exact) mass is 298 g/mol. The van der Waals surface area contributed by atoms with E-state index in [4.69, 9.17) is 14.6 Å². The molecular weight excluding hydrogens is 276 g/mol. The van der Waals surface area contributed by atoms with Gasteiger partial charge < -0.3 is 14.6 Å². The van der Waals surface area contributed by atoms with Crippen molar-refractivity contribution in [2.45, 2.75) is 38.4 Å². The number of carboxylic acids is 1. The number of carbonyl (C=O) groups is 1. The van der Waals surface area contributed by atoms with Gasteiger partial charge in [0.05, 0.1) is 5.56 Å². The maximum Gasteiger partial charge on any atom is 0.335 e. The van der Waals surface area contributed by atoms with E-state index in [-0.39, 0.29) is 6.29 Å². The number of aryl methyl sites for hydroxylation is 1. The summed E-state index contributed by atoms with van der Waals surface area (Å²) in [4.78, 5) is 12.0. The highest BCUT2D eigenvalue weighted by molar-refractivity contribution is 7.99. The second-order valence-corrected chi connectivity index (χ2v) is 5.43. The second kappa shape index (κ2) is 9.00. The number of hydrogen-bond acceptors (Lipinski definition) is 4. The maximum absolute atomic E-state index is 11.1. The number of aromatic carboxylic acids is 1. The van der Waals surface area contributed by atoms with Gasteiger partial charge in [0, 0.05) is 30.3 Å². The molecule has 1 aromatic carbocycles. The topological polar surface area (TPSA) is 55.8 Å². The highest BCUT2D eigenvalue weighted by atomic mass is 32.2. The van der Waals surface area contributed by atoms with Crippen molar-refractivity contribution in [3.05, 3.63) is 29.3 Å². The van der Waals surface area contributed by atoms with Crippen LogP contribution in [0.5, 0.6) is 0 Å². The van der Waals surface area contributed by atoms with Crippen LogP contribution in [0.4, 0.5) is 0 Å². The molecule has 0 spiro atoms. The van der Waals surface area contributed by atoms with Crippen LogP contribution in [-0.2, 0) is 9.47 Å². The summed E-state index contributed by atoms with van der Waals surface area (Å²) in [6.07, 6.45) is 0.602. The number of benzene rings is 1. The first-order valence-electron chi connectivity index (χ1n) is 6.78. The molecule has 1 rings (SSSR count). The van der Waals surface area contributed by atoms with Crippen molar-refractivity contribution in [2.75, 3.05) is 19.0 Å². The Labute approximate surface area is 124 Å². The first kappa shape index (κ1) is 17.0. The lowest BCUT2D eigenvalue weighted by molar-refractivity contribution is -0.136. The molecule has 1 N–H and O–H groups in total.